The first kappa shape index (κ1) is 27.1. The van der Waals surface area contributed by atoms with Crippen molar-refractivity contribution in [3.63, 3.8) is 0 Å². The van der Waals surface area contributed by atoms with E-state index in [1.165, 1.54) is 7.11 Å². The van der Waals surface area contributed by atoms with Crippen molar-refractivity contribution in [2.24, 2.45) is 0 Å². The second-order valence-electron chi connectivity index (χ2n) is 8.91. The molecule has 0 atom stereocenters. The van der Waals surface area contributed by atoms with Crippen LogP contribution in [-0.2, 0) is 9.53 Å². The number of hydrogen-bond donors (Lipinski definition) is 3. The van der Waals surface area contributed by atoms with Crippen molar-refractivity contribution in [3.8, 4) is 28.8 Å². The molecule has 8 nitrogen and oxygen atoms in total. The van der Waals surface area contributed by atoms with Crippen LogP contribution < -0.4 is 16.4 Å². The zero-order valence-electron chi connectivity index (χ0n) is 20.4. The summed E-state index contributed by atoms with van der Waals surface area (Å²) < 4.78 is 6.30. The summed E-state index contributed by atoms with van der Waals surface area (Å²) >= 11 is 12.7. The summed E-state index contributed by atoms with van der Waals surface area (Å²) in [5.41, 5.74) is 8.65. The van der Waals surface area contributed by atoms with Crippen molar-refractivity contribution in [3.05, 3.63) is 63.8 Å². The maximum Gasteiger partial charge on any atom is 0.274 e. The zero-order valence-corrected chi connectivity index (χ0v) is 21.9. The van der Waals surface area contributed by atoms with Gasteiger partial charge in [-0.15, -0.1) is 0 Å². The van der Waals surface area contributed by atoms with Gasteiger partial charge in [0.1, 0.15) is 6.61 Å². The minimum Gasteiger partial charge on any atom is -0.395 e. The average Bonchev–Trinajstić information content (AvgIpc) is 3.13. The summed E-state index contributed by atoms with van der Waals surface area (Å²) in [4.78, 5) is 24.4. The maximum absolute atomic E-state index is 13.0. The number of hydrogen-bond acceptors (Lipinski definition) is 5. The molecule has 0 aliphatic rings. The number of methoxy groups -OCH3 is 1. The molecule has 0 bridgehead atoms. The lowest BCUT2D eigenvalue weighted by Crippen LogP contribution is -2.41. The van der Waals surface area contributed by atoms with E-state index in [1.54, 1.807) is 47.1 Å². The van der Waals surface area contributed by atoms with Crippen LogP contribution >= 0.6 is 23.2 Å². The Labute approximate surface area is 220 Å². The summed E-state index contributed by atoms with van der Waals surface area (Å²) in [6.45, 7) is 5.76. The molecule has 0 aliphatic carbocycles. The number of nitrogens with one attached hydrogen (secondary N) is 2. The van der Waals surface area contributed by atoms with Crippen molar-refractivity contribution in [2.75, 3.05) is 26.0 Å². The Hall–Kier alpha value is -3.51. The van der Waals surface area contributed by atoms with Gasteiger partial charge in [0, 0.05) is 28.8 Å². The maximum atomic E-state index is 13.0. The van der Waals surface area contributed by atoms with E-state index in [9.17, 15) is 9.59 Å². The molecular weight excluding hydrogens is 501 g/mol. The van der Waals surface area contributed by atoms with E-state index < -0.39 is 11.4 Å². The number of nitrogens with two attached hydrogens (primary N) is 1. The first-order valence-electron chi connectivity index (χ1n) is 11.0. The molecule has 36 heavy (non-hydrogen) atoms. The molecule has 0 radical (unpaired) electrons. The van der Waals surface area contributed by atoms with Gasteiger partial charge in [0.2, 0.25) is 5.91 Å². The van der Waals surface area contributed by atoms with E-state index in [1.807, 2.05) is 20.8 Å². The third-order valence-corrected chi connectivity index (χ3v) is 5.36. The third-order valence-electron chi connectivity index (χ3n) is 4.80. The van der Waals surface area contributed by atoms with Crippen LogP contribution in [-0.4, -0.2) is 47.4 Å². The van der Waals surface area contributed by atoms with Crippen molar-refractivity contribution < 1.29 is 14.3 Å². The van der Waals surface area contributed by atoms with E-state index in [-0.39, 0.29) is 30.4 Å². The van der Waals surface area contributed by atoms with Crippen LogP contribution in [0.2, 0.25) is 10.0 Å². The Kier molecular flexibility index (Phi) is 8.64. The Balaban J connectivity index is 2.01. The molecule has 1 heterocycles. The van der Waals surface area contributed by atoms with Crippen LogP contribution in [0.25, 0.3) is 16.9 Å². The zero-order chi connectivity index (χ0) is 26.5. The molecule has 1 aromatic heterocycles. The van der Waals surface area contributed by atoms with Gasteiger partial charge in [-0.05, 0) is 51.1 Å². The topological polar surface area (TPSA) is 111 Å². The highest BCUT2D eigenvalue weighted by Gasteiger charge is 2.26. The van der Waals surface area contributed by atoms with Crippen LogP contribution in [0.5, 0.6) is 0 Å². The summed E-state index contributed by atoms with van der Waals surface area (Å²) in [6.07, 6.45) is 0. The van der Waals surface area contributed by atoms with Crippen LogP contribution in [0.15, 0.2) is 42.5 Å². The average molecular weight is 528 g/mol. The molecule has 0 unspecified atom stereocenters. The highest BCUT2D eigenvalue weighted by Crippen LogP contribution is 2.34. The number of anilines is 1. The standard InChI is InChI=1S/C26H27Cl2N5O3/c1-26(2,3)31-25(35)23-22(29)24(17-8-10-18(27)11-9-17)33(32-23)20-12-7-16(14-19(20)28)6-5-13-30-21(34)15-36-4/h7-12,14H,13,15,29H2,1-4H3,(H,30,34)(H,31,35). The Morgan fingerprint density at radius 2 is 1.83 bits per heavy atom. The number of aromatic nitrogens is 2. The number of carbonyl (C=O) groups excluding carboxylic acids is 2. The molecule has 2 amide bonds. The number of ether oxygens (including phenoxy) is 1. The normalized spacial score (nSPS) is 10.9. The number of carbonyl (C=O) groups is 2. The number of rotatable bonds is 6. The van der Waals surface area contributed by atoms with Gasteiger partial charge in [-0.3, -0.25) is 9.59 Å². The fraction of sp³-hybridized carbons (Fsp3) is 0.269. The lowest BCUT2D eigenvalue weighted by atomic mass is 10.1. The molecule has 10 heteroatoms. The predicted octanol–water partition coefficient (Wildman–Crippen LogP) is 4.07. The van der Waals surface area contributed by atoms with Crippen LogP contribution in [0, 0.1) is 11.8 Å². The molecule has 188 valence electrons. The molecule has 0 spiro atoms. The van der Waals surface area contributed by atoms with Crippen LogP contribution in [0.1, 0.15) is 36.8 Å². The second-order valence-corrected chi connectivity index (χ2v) is 9.76. The Morgan fingerprint density at radius 3 is 2.44 bits per heavy atom. The van der Waals surface area contributed by atoms with Gasteiger partial charge in [0.05, 0.1) is 28.6 Å². The fourth-order valence-corrected chi connectivity index (χ4v) is 3.67. The first-order valence-corrected chi connectivity index (χ1v) is 11.8. The molecule has 4 N–H and O–H groups in total. The summed E-state index contributed by atoms with van der Waals surface area (Å²) in [5.74, 6) is 5.17. The van der Waals surface area contributed by atoms with Gasteiger partial charge in [0.25, 0.3) is 5.91 Å². The summed E-state index contributed by atoms with van der Waals surface area (Å²) in [5, 5.41) is 11.0. The number of nitrogens with zero attached hydrogens (tertiary/aromatic N) is 2. The second kappa shape index (κ2) is 11.5. The Bertz CT molecular complexity index is 1330. The van der Waals surface area contributed by atoms with Crippen molar-refractivity contribution in [1.82, 2.24) is 20.4 Å². The molecule has 0 fully saturated rings. The Morgan fingerprint density at radius 1 is 1.14 bits per heavy atom. The van der Waals surface area contributed by atoms with E-state index in [4.69, 9.17) is 33.7 Å². The van der Waals surface area contributed by atoms with E-state index in [0.29, 0.717) is 32.6 Å². The van der Waals surface area contributed by atoms with Crippen LogP contribution in [0.3, 0.4) is 0 Å². The highest BCUT2D eigenvalue weighted by molar-refractivity contribution is 6.32. The quantitative estimate of drug-likeness (QED) is 0.418. The SMILES string of the molecule is COCC(=O)NCC#Cc1ccc(-n2nc(C(=O)NC(C)(C)C)c(N)c2-c2ccc(Cl)cc2)c(Cl)c1. The molecule has 0 aliphatic heterocycles. The minimum absolute atomic E-state index is 0.0269. The van der Waals surface area contributed by atoms with Crippen LogP contribution in [0.4, 0.5) is 5.69 Å². The first-order chi connectivity index (χ1) is 17.0. The molecule has 3 aromatic rings. The number of amides is 2. The van der Waals surface area contributed by atoms with Gasteiger partial charge in [-0.2, -0.15) is 5.10 Å². The van der Waals surface area contributed by atoms with E-state index >= 15 is 0 Å². The molecular formula is C26H27Cl2N5O3. The monoisotopic (exact) mass is 527 g/mol. The number of nitrogen functional groups attached to an aromatic ring is 1. The van der Waals surface area contributed by atoms with E-state index in [2.05, 4.69) is 27.6 Å². The molecule has 3 rings (SSSR count). The molecule has 0 saturated carbocycles. The number of halogens is 2. The lowest BCUT2D eigenvalue weighted by Gasteiger charge is -2.19. The van der Waals surface area contributed by atoms with Crippen molar-refractivity contribution in [2.45, 2.75) is 26.3 Å². The molecule has 0 saturated heterocycles. The predicted molar refractivity (Wildman–Crippen MR) is 142 cm³/mol. The minimum atomic E-state index is -0.477. The van der Waals surface area contributed by atoms with Gasteiger partial charge >= 0.3 is 0 Å². The smallest absolute Gasteiger partial charge is 0.274 e. The largest absolute Gasteiger partial charge is 0.395 e. The van der Waals surface area contributed by atoms with Gasteiger partial charge in [-0.1, -0.05) is 47.2 Å². The summed E-state index contributed by atoms with van der Waals surface area (Å²) in [6, 6.07) is 12.2. The van der Waals surface area contributed by atoms with Gasteiger partial charge in [0.15, 0.2) is 5.69 Å². The fourth-order valence-electron chi connectivity index (χ4n) is 3.29. The van der Waals surface area contributed by atoms with Gasteiger partial charge in [-0.25, -0.2) is 4.68 Å². The van der Waals surface area contributed by atoms with Gasteiger partial charge < -0.3 is 21.1 Å². The molecule has 2 aromatic carbocycles. The van der Waals surface area contributed by atoms with E-state index in [0.717, 1.165) is 0 Å². The highest BCUT2D eigenvalue weighted by atomic mass is 35.5. The third kappa shape index (κ3) is 6.79. The van der Waals surface area contributed by atoms with Crippen molar-refractivity contribution in [1.29, 1.82) is 0 Å². The number of benzene rings is 2. The van der Waals surface area contributed by atoms with Crippen molar-refractivity contribution >= 4 is 40.7 Å². The summed E-state index contributed by atoms with van der Waals surface area (Å²) in [7, 11) is 1.44. The lowest BCUT2D eigenvalue weighted by molar-refractivity contribution is -0.124.